The maximum Gasteiger partial charge on any atom is 0.414 e. The third-order valence-corrected chi connectivity index (χ3v) is 4.80. The number of rotatable bonds is 5. The topological polar surface area (TPSA) is 71.1 Å². The highest BCUT2D eigenvalue weighted by Crippen LogP contribution is 2.38. The highest BCUT2D eigenvalue weighted by molar-refractivity contribution is 5.90. The van der Waals surface area contributed by atoms with Gasteiger partial charge in [0.05, 0.1) is 24.5 Å². The van der Waals surface area contributed by atoms with Gasteiger partial charge in [0, 0.05) is 27.0 Å². The van der Waals surface area contributed by atoms with Gasteiger partial charge in [0.15, 0.2) is 0 Å². The highest BCUT2D eigenvalue weighted by atomic mass is 19.1. The van der Waals surface area contributed by atoms with Crippen LogP contribution in [0.15, 0.2) is 18.2 Å². The monoisotopic (exact) mass is 351 g/mol. The van der Waals surface area contributed by atoms with Gasteiger partial charge in [0.2, 0.25) is 5.91 Å². The number of halogens is 1. The van der Waals surface area contributed by atoms with Crippen LogP contribution in [-0.4, -0.2) is 50.6 Å². The van der Waals surface area contributed by atoms with Crippen molar-refractivity contribution in [1.82, 2.24) is 5.32 Å². The number of ether oxygens (including phenoxy) is 2. The Hall–Kier alpha value is -2.35. The van der Waals surface area contributed by atoms with Gasteiger partial charge < -0.3 is 19.7 Å². The Bertz CT molecular complexity index is 694. The van der Waals surface area contributed by atoms with Crippen LogP contribution in [0.5, 0.6) is 0 Å². The Labute approximate surface area is 145 Å². The van der Waals surface area contributed by atoms with Gasteiger partial charge in [0.25, 0.3) is 0 Å². The van der Waals surface area contributed by atoms with Crippen molar-refractivity contribution in [1.29, 1.82) is 0 Å². The lowest BCUT2D eigenvalue weighted by molar-refractivity contribution is -0.119. The summed E-state index contributed by atoms with van der Waals surface area (Å²) < 4.78 is 25.2. The number of carbonyl (C=O) groups is 2. The zero-order valence-electron chi connectivity index (χ0n) is 14.5. The van der Waals surface area contributed by atoms with Crippen LogP contribution in [0.1, 0.15) is 20.3 Å². The molecule has 2 fully saturated rings. The van der Waals surface area contributed by atoms with Gasteiger partial charge in [-0.05, 0) is 25.1 Å². The summed E-state index contributed by atoms with van der Waals surface area (Å²) in [6.45, 7) is 4.52. The normalized spacial score (nSPS) is 25.6. The molecule has 25 heavy (non-hydrogen) atoms. The van der Waals surface area contributed by atoms with Gasteiger partial charge in [-0.25, -0.2) is 9.18 Å². The second kappa shape index (κ2) is 6.51. The number of nitrogens with one attached hydrogen (secondary N) is 1. The van der Waals surface area contributed by atoms with E-state index in [1.807, 2.05) is 11.8 Å². The third-order valence-electron chi connectivity index (χ3n) is 4.80. The standard InChI is InChI=1S/C17H22FN3O4/c1-11(22)19-9-13-10-20(16(23)25-13)12-4-5-15(14(18)8-12)21-7-6-17(21,2)24-3/h4-5,8,13H,6-7,9-10H2,1-3H3,(H,19,22)/t13?,17-/m0/s1. The molecule has 0 saturated carbocycles. The molecule has 0 spiro atoms. The number of methoxy groups -OCH3 is 1. The average Bonchev–Trinajstić information content (AvgIpc) is 2.94. The van der Waals surface area contributed by atoms with Crippen molar-refractivity contribution in [3.8, 4) is 0 Å². The van der Waals surface area contributed by atoms with Gasteiger partial charge in [-0.2, -0.15) is 0 Å². The van der Waals surface area contributed by atoms with E-state index in [9.17, 15) is 14.0 Å². The SMILES string of the molecule is CO[C@@]1(C)CCN1c1ccc(N2CC(CNC(C)=O)OC2=O)cc1F. The fraction of sp³-hybridized carbons (Fsp3) is 0.529. The number of benzene rings is 1. The van der Waals surface area contributed by atoms with Crippen LogP contribution in [-0.2, 0) is 14.3 Å². The van der Waals surface area contributed by atoms with Gasteiger partial charge in [0.1, 0.15) is 17.6 Å². The smallest absolute Gasteiger partial charge is 0.414 e. The van der Waals surface area contributed by atoms with E-state index in [1.54, 1.807) is 19.2 Å². The zero-order valence-corrected chi connectivity index (χ0v) is 14.5. The molecule has 1 aromatic rings. The summed E-state index contributed by atoms with van der Waals surface area (Å²) >= 11 is 0. The summed E-state index contributed by atoms with van der Waals surface area (Å²) in [5.74, 6) is -0.612. The van der Waals surface area contributed by atoms with Crippen molar-refractivity contribution in [2.45, 2.75) is 32.1 Å². The van der Waals surface area contributed by atoms with Gasteiger partial charge in [-0.3, -0.25) is 9.69 Å². The maximum absolute atomic E-state index is 14.6. The number of amides is 2. The molecule has 7 nitrogen and oxygen atoms in total. The zero-order chi connectivity index (χ0) is 18.2. The minimum Gasteiger partial charge on any atom is -0.442 e. The van der Waals surface area contributed by atoms with Crippen LogP contribution < -0.4 is 15.1 Å². The molecule has 1 aromatic carbocycles. The third kappa shape index (κ3) is 3.26. The Morgan fingerprint density at radius 3 is 2.84 bits per heavy atom. The molecule has 136 valence electrons. The summed E-state index contributed by atoms with van der Waals surface area (Å²) in [5, 5.41) is 2.61. The summed E-state index contributed by atoms with van der Waals surface area (Å²) in [5.41, 5.74) is 0.371. The molecule has 1 N–H and O–H groups in total. The fourth-order valence-corrected chi connectivity index (χ4v) is 3.10. The van der Waals surface area contributed by atoms with E-state index >= 15 is 0 Å². The minimum absolute atomic E-state index is 0.194. The number of hydrogen-bond acceptors (Lipinski definition) is 5. The predicted molar refractivity (Wildman–Crippen MR) is 90.1 cm³/mol. The summed E-state index contributed by atoms with van der Waals surface area (Å²) in [4.78, 5) is 26.2. The molecule has 0 bridgehead atoms. The number of cyclic esters (lactones) is 1. The summed E-state index contributed by atoms with van der Waals surface area (Å²) in [6.07, 6.45) is -0.173. The van der Waals surface area contributed by atoms with Crippen LogP contribution in [0.25, 0.3) is 0 Å². The van der Waals surface area contributed by atoms with E-state index in [0.29, 0.717) is 17.9 Å². The lowest BCUT2D eigenvalue weighted by atomic mass is 9.98. The van der Waals surface area contributed by atoms with Gasteiger partial charge >= 0.3 is 6.09 Å². The van der Waals surface area contributed by atoms with Crippen LogP contribution in [0.3, 0.4) is 0 Å². The molecule has 2 heterocycles. The molecule has 1 unspecified atom stereocenters. The second-order valence-corrected chi connectivity index (χ2v) is 6.47. The second-order valence-electron chi connectivity index (χ2n) is 6.47. The van der Waals surface area contributed by atoms with E-state index < -0.39 is 23.7 Å². The lowest BCUT2D eigenvalue weighted by Gasteiger charge is -2.50. The van der Waals surface area contributed by atoms with E-state index in [-0.39, 0.29) is 19.0 Å². The number of carbonyl (C=O) groups excluding carboxylic acids is 2. The van der Waals surface area contributed by atoms with Crippen molar-refractivity contribution in [2.75, 3.05) is 36.5 Å². The molecule has 3 rings (SSSR count). The molecule has 2 aliphatic rings. The molecule has 8 heteroatoms. The van der Waals surface area contributed by atoms with Crippen molar-refractivity contribution in [3.05, 3.63) is 24.0 Å². The van der Waals surface area contributed by atoms with E-state index in [1.165, 1.54) is 17.9 Å². The molecule has 2 atom stereocenters. The molecule has 2 aliphatic heterocycles. The van der Waals surface area contributed by atoms with Crippen LogP contribution in [0.4, 0.5) is 20.6 Å². The van der Waals surface area contributed by atoms with E-state index in [4.69, 9.17) is 9.47 Å². The molecule has 2 saturated heterocycles. The maximum atomic E-state index is 14.6. The van der Waals surface area contributed by atoms with Crippen LogP contribution in [0.2, 0.25) is 0 Å². The Morgan fingerprint density at radius 2 is 2.28 bits per heavy atom. The number of nitrogens with zero attached hydrogens (tertiary/aromatic N) is 2. The molecular formula is C17H22FN3O4. The predicted octanol–water partition coefficient (Wildman–Crippen LogP) is 1.86. The molecule has 0 aromatic heterocycles. The Morgan fingerprint density at radius 1 is 1.52 bits per heavy atom. The molecule has 0 radical (unpaired) electrons. The Balaban J connectivity index is 1.73. The van der Waals surface area contributed by atoms with Crippen molar-refractivity contribution in [3.63, 3.8) is 0 Å². The fourth-order valence-electron chi connectivity index (χ4n) is 3.10. The molecule has 2 amide bonds. The van der Waals surface area contributed by atoms with E-state index in [0.717, 1.165) is 6.42 Å². The van der Waals surface area contributed by atoms with E-state index in [2.05, 4.69) is 5.32 Å². The first-order valence-electron chi connectivity index (χ1n) is 8.19. The first-order chi connectivity index (χ1) is 11.8. The first-order valence-corrected chi connectivity index (χ1v) is 8.19. The van der Waals surface area contributed by atoms with Crippen molar-refractivity contribution >= 4 is 23.4 Å². The van der Waals surface area contributed by atoms with Crippen LogP contribution in [0, 0.1) is 5.82 Å². The Kier molecular flexibility index (Phi) is 4.55. The first kappa shape index (κ1) is 17.5. The van der Waals surface area contributed by atoms with Gasteiger partial charge in [-0.15, -0.1) is 0 Å². The largest absolute Gasteiger partial charge is 0.442 e. The average molecular weight is 351 g/mol. The van der Waals surface area contributed by atoms with Crippen molar-refractivity contribution in [2.24, 2.45) is 0 Å². The molecule has 0 aliphatic carbocycles. The van der Waals surface area contributed by atoms with Crippen LogP contribution >= 0.6 is 0 Å². The van der Waals surface area contributed by atoms with Crippen molar-refractivity contribution < 1.29 is 23.5 Å². The minimum atomic E-state index is -0.548. The summed E-state index contributed by atoms with van der Waals surface area (Å²) in [6, 6.07) is 4.66. The lowest BCUT2D eigenvalue weighted by Crippen LogP contribution is -2.59. The quantitative estimate of drug-likeness (QED) is 0.877. The number of hydrogen-bond donors (Lipinski definition) is 1. The summed E-state index contributed by atoms with van der Waals surface area (Å²) in [7, 11) is 1.61. The highest BCUT2D eigenvalue weighted by Gasteiger charge is 2.42. The number of anilines is 2. The molecular weight excluding hydrogens is 329 g/mol. The van der Waals surface area contributed by atoms with Gasteiger partial charge in [-0.1, -0.05) is 0 Å².